The van der Waals surface area contributed by atoms with Crippen LogP contribution < -0.4 is 4.90 Å². The Morgan fingerprint density at radius 3 is 2.13 bits per heavy atom. The number of hydrogen-bond acceptors (Lipinski definition) is 5. The quantitative estimate of drug-likeness (QED) is 0.416. The monoisotopic (exact) mass is 494 g/mol. The van der Waals surface area contributed by atoms with Crippen LogP contribution in [0.3, 0.4) is 0 Å². The molecule has 0 atom stereocenters. The number of nitrogens with zero attached hydrogens (tertiary/aromatic N) is 2. The van der Waals surface area contributed by atoms with E-state index in [-0.39, 0.29) is 5.25 Å². The summed E-state index contributed by atoms with van der Waals surface area (Å²) in [6.07, 6.45) is 1.18. The molecule has 31 heavy (non-hydrogen) atoms. The molecule has 1 saturated heterocycles. The first-order chi connectivity index (χ1) is 14.6. The SMILES string of the molecule is Cc1cc(C)c(S(=O)(=O)C2CCN(c3nc(-c4cc(Cl)cc(Cl)c4)cs3)CC2)c(C)c1. The maximum atomic E-state index is 13.4. The molecule has 3 aromatic rings. The molecule has 4 nitrogen and oxygen atoms in total. The van der Waals surface area contributed by atoms with Crippen molar-refractivity contribution >= 4 is 49.5 Å². The summed E-state index contributed by atoms with van der Waals surface area (Å²) in [5, 5.41) is 3.66. The van der Waals surface area contributed by atoms with Gasteiger partial charge in [-0.25, -0.2) is 13.4 Å². The maximum absolute atomic E-state index is 13.4. The van der Waals surface area contributed by atoms with E-state index in [0.717, 1.165) is 33.1 Å². The minimum absolute atomic E-state index is 0.366. The van der Waals surface area contributed by atoms with Crippen molar-refractivity contribution in [2.24, 2.45) is 0 Å². The summed E-state index contributed by atoms with van der Waals surface area (Å²) in [5.74, 6) is 0. The lowest BCUT2D eigenvalue weighted by Crippen LogP contribution is -2.39. The molecule has 8 heteroatoms. The van der Waals surface area contributed by atoms with Crippen LogP contribution in [0.4, 0.5) is 5.13 Å². The fourth-order valence-electron chi connectivity index (χ4n) is 4.38. The van der Waals surface area contributed by atoms with Crippen LogP contribution in [-0.4, -0.2) is 31.7 Å². The largest absolute Gasteiger partial charge is 0.348 e. The zero-order valence-corrected chi connectivity index (χ0v) is 20.8. The van der Waals surface area contributed by atoms with E-state index in [9.17, 15) is 8.42 Å². The van der Waals surface area contributed by atoms with Crippen LogP contribution in [0.5, 0.6) is 0 Å². The van der Waals surface area contributed by atoms with Crippen LogP contribution in [0.1, 0.15) is 29.5 Å². The molecule has 0 N–H and O–H groups in total. The second kappa shape index (κ2) is 8.74. The van der Waals surface area contributed by atoms with Crippen LogP contribution in [0.15, 0.2) is 40.6 Å². The Labute approximate surface area is 197 Å². The summed E-state index contributed by atoms with van der Waals surface area (Å²) < 4.78 is 26.8. The van der Waals surface area contributed by atoms with Crippen molar-refractivity contribution in [3.8, 4) is 11.3 Å². The smallest absolute Gasteiger partial charge is 0.185 e. The highest BCUT2D eigenvalue weighted by molar-refractivity contribution is 7.92. The Morgan fingerprint density at radius 2 is 1.55 bits per heavy atom. The second-order valence-corrected chi connectivity index (χ2v) is 12.0. The van der Waals surface area contributed by atoms with E-state index < -0.39 is 9.84 Å². The minimum atomic E-state index is -3.37. The molecular formula is C23H24Cl2N2O2S2. The van der Waals surface area contributed by atoms with Crippen LogP contribution in [-0.2, 0) is 9.84 Å². The van der Waals surface area contributed by atoms with E-state index in [1.54, 1.807) is 17.4 Å². The molecule has 0 aliphatic carbocycles. The summed E-state index contributed by atoms with van der Waals surface area (Å²) in [4.78, 5) is 7.42. The number of benzene rings is 2. The number of aromatic nitrogens is 1. The topological polar surface area (TPSA) is 50.3 Å². The Balaban J connectivity index is 1.50. The van der Waals surface area contributed by atoms with Crippen molar-refractivity contribution in [1.82, 2.24) is 4.98 Å². The number of piperidine rings is 1. The lowest BCUT2D eigenvalue weighted by Gasteiger charge is -2.32. The fourth-order valence-corrected chi connectivity index (χ4v) is 7.98. The average Bonchev–Trinajstić information content (AvgIpc) is 3.16. The third kappa shape index (κ3) is 4.63. The first kappa shape index (κ1) is 22.6. The first-order valence-electron chi connectivity index (χ1n) is 10.1. The number of halogens is 2. The van der Waals surface area contributed by atoms with Crippen LogP contribution in [0.25, 0.3) is 11.3 Å². The Kier molecular flexibility index (Phi) is 6.37. The van der Waals surface area contributed by atoms with Crippen LogP contribution >= 0.6 is 34.5 Å². The van der Waals surface area contributed by atoms with Crippen molar-refractivity contribution in [1.29, 1.82) is 0 Å². The molecule has 0 spiro atoms. The van der Waals surface area contributed by atoms with Gasteiger partial charge in [0.1, 0.15) is 0 Å². The fraction of sp³-hybridized carbons (Fsp3) is 0.348. The molecule has 0 unspecified atom stereocenters. The van der Waals surface area contributed by atoms with Gasteiger partial charge < -0.3 is 4.90 Å². The summed E-state index contributed by atoms with van der Waals surface area (Å²) in [6.45, 7) is 7.10. The van der Waals surface area contributed by atoms with Gasteiger partial charge in [-0.05, 0) is 62.9 Å². The highest BCUT2D eigenvalue weighted by Crippen LogP contribution is 2.34. The lowest BCUT2D eigenvalue weighted by molar-refractivity contribution is 0.528. The van der Waals surface area contributed by atoms with Gasteiger partial charge in [-0.1, -0.05) is 40.9 Å². The Hall–Kier alpha value is -1.60. The third-order valence-corrected chi connectivity index (χ3v) is 9.59. The summed E-state index contributed by atoms with van der Waals surface area (Å²) in [7, 11) is -3.37. The molecule has 4 rings (SSSR count). The maximum Gasteiger partial charge on any atom is 0.185 e. The average molecular weight is 495 g/mol. The molecule has 164 valence electrons. The predicted molar refractivity (Wildman–Crippen MR) is 131 cm³/mol. The summed E-state index contributed by atoms with van der Waals surface area (Å²) in [5.41, 5.74) is 4.46. The molecule has 0 saturated carbocycles. The highest BCUT2D eigenvalue weighted by atomic mass is 35.5. The summed E-state index contributed by atoms with van der Waals surface area (Å²) in [6, 6.07) is 9.29. The van der Waals surface area contributed by atoms with Gasteiger partial charge in [0.25, 0.3) is 0 Å². The Bertz CT molecular complexity index is 1190. The molecule has 0 bridgehead atoms. The Morgan fingerprint density at radius 1 is 0.968 bits per heavy atom. The van der Waals surface area contributed by atoms with E-state index in [0.29, 0.717) is 40.9 Å². The van der Waals surface area contributed by atoms with E-state index >= 15 is 0 Å². The van der Waals surface area contributed by atoms with Gasteiger partial charge in [0.2, 0.25) is 0 Å². The van der Waals surface area contributed by atoms with E-state index in [2.05, 4.69) is 4.90 Å². The van der Waals surface area contributed by atoms with Crippen molar-refractivity contribution in [3.63, 3.8) is 0 Å². The number of thiazole rings is 1. The van der Waals surface area contributed by atoms with Gasteiger partial charge in [0.05, 0.1) is 15.8 Å². The molecule has 1 aliphatic rings. The molecule has 1 fully saturated rings. The predicted octanol–water partition coefficient (Wildman–Crippen LogP) is 6.48. The number of sulfone groups is 1. The molecule has 2 aromatic carbocycles. The molecule has 1 aliphatic heterocycles. The molecule has 0 radical (unpaired) electrons. The zero-order valence-electron chi connectivity index (χ0n) is 17.7. The normalized spacial score (nSPS) is 15.5. The van der Waals surface area contributed by atoms with E-state index in [1.165, 1.54) is 0 Å². The number of aryl methyl sites for hydroxylation is 3. The second-order valence-electron chi connectivity index (χ2n) is 8.13. The van der Waals surface area contributed by atoms with Crippen molar-refractivity contribution in [2.75, 3.05) is 18.0 Å². The van der Waals surface area contributed by atoms with Gasteiger partial charge in [0, 0.05) is 34.1 Å². The van der Waals surface area contributed by atoms with Crippen molar-refractivity contribution in [2.45, 2.75) is 43.8 Å². The molecular weight excluding hydrogens is 471 g/mol. The van der Waals surface area contributed by atoms with Gasteiger partial charge in [-0.2, -0.15) is 0 Å². The highest BCUT2D eigenvalue weighted by Gasteiger charge is 2.34. The van der Waals surface area contributed by atoms with E-state index in [4.69, 9.17) is 28.2 Å². The van der Waals surface area contributed by atoms with Gasteiger partial charge >= 0.3 is 0 Å². The third-order valence-electron chi connectivity index (χ3n) is 5.69. The number of rotatable bonds is 4. The van der Waals surface area contributed by atoms with Crippen molar-refractivity contribution < 1.29 is 8.42 Å². The molecule has 1 aromatic heterocycles. The van der Waals surface area contributed by atoms with Gasteiger partial charge in [-0.15, -0.1) is 11.3 Å². The van der Waals surface area contributed by atoms with Crippen LogP contribution in [0, 0.1) is 20.8 Å². The number of anilines is 1. The standard InChI is InChI=1S/C23H24Cl2N2O2S2/c1-14-8-15(2)22(16(3)9-14)31(28,29)20-4-6-27(7-5-20)23-26-21(13-30-23)17-10-18(24)12-19(25)11-17/h8-13,20H,4-7H2,1-3H3. The zero-order chi connectivity index (χ0) is 22.3. The molecule has 0 amide bonds. The van der Waals surface area contributed by atoms with Crippen molar-refractivity contribution in [3.05, 3.63) is 62.4 Å². The summed E-state index contributed by atoms with van der Waals surface area (Å²) >= 11 is 13.8. The van der Waals surface area contributed by atoms with Gasteiger partial charge in [-0.3, -0.25) is 0 Å². The number of hydrogen-bond donors (Lipinski definition) is 0. The van der Waals surface area contributed by atoms with Crippen LogP contribution in [0.2, 0.25) is 10.0 Å². The minimum Gasteiger partial charge on any atom is -0.348 e. The van der Waals surface area contributed by atoms with E-state index in [1.807, 2.05) is 50.4 Å². The van der Waals surface area contributed by atoms with Gasteiger partial charge in [0.15, 0.2) is 15.0 Å². The first-order valence-corrected chi connectivity index (χ1v) is 13.3. The molecule has 2 heterocycles. The lowest BCUT2D eigenvalue weighted by atomic mass is 10.1.